The quantitative estimate of drug-likeness (QED) is 0.583. The first-order chi connectivity index (χ1) is 12.2. The Kier molecular flexibility index (Phi) is 6.08. The van der Waals surface area contributed by atoms with Crippen molar-refractivity contribution in [3.05, 3.63) is 77.9 Å². The summed E-state index contributed by atoms with van der Waals surface area (Å²) in [5.41, 5.74) is 2.54. The summed E-state index contributed by atoms with van der Waals surface area (Å²) >= 11 is 0. The van der Waals surface area contributed by atoms with Crippen LogP contribution in [0.5, 0.6) is 5.75 Å². The summed E-state index contributed by atoms with van der Waals surface area (Å²) in [6.45, 7) is 6.88. The van der Waals surface area contributed by atoms with Crippen LogP contribution in [0.3, 0.4) is 0 Å². The maximum absolute atomic E-state index is 6.12. The Hall–Kier alpha value is -2.32. The third-order valence-electron chi connectivity index (χ3n) is 4.42. The molecule has 3 rings (SSSR count). The van der Waals surface area contributed by atoms with Gasteiger partial charge in [-0.25, -0.2) is 0 Å². The monoisotopic (exact) mass is 333 g/mol. The van der Waals surface area contributed by atoms with Crippen molar-refractivity contribution >= 4 is 10.8 Å². The summed E-state index contributed by atoms with van der Waals surface area (Å²) in [5, 5.41) is 6.10. The van der Waals surface area contributed by atoms with Crippen molar-refractivity contribution in [3.63, 3.8) is 0 Å². The van der Waals surface area contributed by atoms with Gasteiger partial charge in [0, 0.05) is 18.7 Å². The van der Waals surface area contributed by atoms with Gasteiger partial charge in [0.15, 0.2) is 0 Å². The predicted molar refractivity (Wildman–Crippen MR) is 106 cm³/mol. The number of ether oxygens (including phenoxy) is 1. The maximum Gasteiger partial charge on any atom is 0.124 e. The SMILES string of the molecule is CC(C)CCOc1ccc2ccccc2c1CNCc1ccccc1. The summed E-state index contributed by atoms with van der Waals surface area (Å²) in [7, 11) is 0. The fourth-order valence-corrected chi connectivity index (χ4v) is 2.97. The molecule has 25 heavy (non-hydrogen) atoms. The Balaban J connectivity index is 1.77. The Morgan fingerprint density at radius 1 is 0.840 bits per heavy atom. The second-order valence-electron chi connectivity index (χ2n) is 6.88. The third kappa shape index (κ3) is 4.83. The fourth-order valence-electron chi connectivity index (χ4n) is 2.97. The molecular weight excluding hydrogens is 306 g/mol. The van der Waals surface area contributed by atoms with Crippen LogP contribution in [-0.4, -0.2) is 6.61 Å². The molecule has 0 unspecified atom stereocenters. The van der Waals surface area contributed by atoms with E-state index < -0.39 is 0 Å². The van der Waals surface area contributed by atoms with Gasteiger partial charge in [-0.2, -0.15) is 0 Å². The van der Waals surface area contributed by atoms with Gasteiger partial charge in [-0.05, 0) is 34.7 Å². The molecule has 0 heterocycles. The zero-order valence-electron chi connectivity index (χ0n) is 15.2. The van der Waals surface area contributed by atoms with Gasteiger partial charge in [-0.3, -0.25) is 0 Å². The number of fused-ring (bicyclic) bond motifs is 1. The summed E-state index contributed by atoms with van der Waals surface area (Å²) in [6, 6.07) is 23.3. The number of nitrogens with one attached hydrogen (secondary N) is 1. The van der Waals surface area contributed by atoms with Crippen molar-refractivity contribution in [2.24, 2.45) is 5.92 Å². The molecule has 2 heteroatoms. The minimum Gasteiger partial charge on any atom is -0.493 e. The topological polar surface area (TPSA) is 21.3 Å². The van der Waals surface area contributed by atoms with Crippen LogP contribution in [0.15, 0.2) is 66.7 Å². The zero-order valence-corrected chi connectivity index (χ0v) is 15.2. The van der Waals surface area contributed by atoms with Crippen molar-refractivity contribution in [2.75, 3.05) is 6.61 Å². The molecule has 0 aliphatic heterocycles. The van der Waals surface area contributed by atoms with Crippen LogP contribution < -0.4 is 10.1 Å². The molecule has 0 saturated carbocycles. The van der Waals surface area contributed by atoms with E-state index in [1.807, 2.05) is 0 Å². The molecule has 2 nitrogen and oxygen atoms in total. The molecular formula is C23H27NO. The highest BCUT2D eigenvalue weighted by Crippen LogP contribution is 2.28. The highest BCUT2D eigenvalue weighted by atomic mass is 16.5. The zero-order chi connectivity index (χ0) is 17.5. The van der Waals surface area contributed by atoms with Gasteiger partial charge in [0.05, 0.1) is 6.61 Å². The number of hydrogen-bond donors (Lipinski definition) is 1. The van der Waals surface area contributed by atoms with Crippen molar-refractivity contribution in [1.29, 1.82) is 0 Å². The van der Waals surface area contributed by atoms with Crippen molar-refractivity contribution in [2.45, 2.75) is 33.4 Å². The summed E-state index contributed by atoms with van der Waals surface area (Å²) in [4.78, 5) is 0. The van der Waals surface area contributed by atoms with Crippen LogP contribution >= 0.6 is 0 Å². The standard InChI is InChI=1S/C23H27NO/c1-18(2)14-15-25-23-13-12-20-10-6-7-11-21(20)22(23)17-24-16-19-8-4-3-5-9-19/h3-13,18,24H,14-17H2,1-2H3. The lowest BCUT2D eigenvalue weighted by molar-refractivity contribution is 0.286. The molecule has 0 radical (unpaired) electrons. The molecule has 0 aliphatic rings. The highest BCUT2D eigenvalue weighted by molar-refractivity contribution is 5.87. The second kappa shape index (κ2) is 8.68. The van der Waals surface area contributed by atoms with E-state index in [2.05, 4.69) is 85.9 Å². The maximum atomic E-state index is 6.12. The fraction of sp³-hybridized carbons (Fsp3) is 0.304. The Labute approximate surface area is 150 Å². The van der Waals surface area contributed by atoms with E-state index in [1.165, 1.54) is 21.9 Å². The van der Waals surface area contributed by atoms with Gasteiger partial charge in [-0.1, -0.05) is 74.5 Å². The number of rotatable bonds is 8. The normalized spacial score (nSPS) is 11.2. The van der Waals surface area contributed by atoms with Gasteiger partial charge < -0.3 is 10.1 Å². The molecule has 130 valence electrons. The van der Waals surface area contributed by atoms with E-state index >= 15 is 0 Å². The lowest BCUT2D eigenvalue weighted by Crippen LogP contribution is -2.14. The van der Waals surface area contributed by atoms with E-state index in [0.29, 0.717) is 5.92 Å². The first kappa shape index (κ1) is 17.5. The lowest BCUT2D eigenvalue weighted by atomic mass is 10.0. The second-order valence-corrected chi connectivity index (χ2v) is 6.88. The van der Waals surface area contributed by atoms with Crippen molar-refractivity contribution < 1.29 is 4.74 Å². The number of benzene rings is 3. The van der Waals surface area contributed by atoms with Crippen LogP contribution in [-0.2, 0) is 13.1 Å². The van der Waals surface area contributed by atoms with E-state index in [1.54, 1.807) is 0 Å². The predicted octanol–water partition coefficient (Wildman–Crippen LogP) is 5.55. The van der Waals surface area contributed by atoms with Crippen LogP contribution in [0, 0.1) is 5.92 Å². The Morgan fingerprint density at radius 2 is 1.60 bits per heavy atom. The van der Waals surface area contributed by atoms with E-state index in [0.717, 1.165) is 31.9 Å². The molecule has 0 bridgehead atoms. The van der Waals surface area contributed by atoms with Gasteiger partial charge in [0.1, 0.15) is 5.75 Å². The Morgan fingerprint density at radius 3 is 2.40 bits per heavy atom. The van der Waals surface area contributed by atoms with Crippen LogP contribution in [0.4, 0.5) is 0 Å². The average molecular weight is 333 g/mol. The van der Waals surface area contributed by atoms with E-state index in [-0.39, 0.29) is 0 Å². The average Bonchev–Trinajstić information content (AvgIpc) is 2.63. The van der Waals surface area contributed by atoms with Gasteiger partial charge >= 0.3 is 0 Å². The van der Waals surface area contributed by atoms with Crippen molar-refractivity contribution in [3.8, 4) is 5.75 Å². The smallest absolute Gasteiger partial charge is 0.124 e. The molecule has 3 aromatic carbocycles. The first-order valence-corrected chi connectivity index (χ1v) is 9.12. The summed E-state index contributed by atoms with van der Waals surface area (Å²) in [6.07, 6.45) is 1.07. The molecule has 0 amide bonds. The van der Waals surface area contributed by atoms with Crippen LogP contribution in [0.2, 0.25) is 0 Å². The van der Waals surface area contributed by atoms with Gasteiger partial charge in [-0.15, -0.1) is 0 Å². The van der Waals surface area contributed by atoms with E-state index in [4.69, 9.17) is 4.74 Å². The molecule has 0 aromatic heterocycles. The van der Waals surface area contributed by atoms with Gasteiger partial charge in [0.2, 0.25) is 0 Å². The summed E-state index contributed by atoms with van der Waals surface area (Å²) in [5.74, 6) is 1.65. The van der Waals surface area contributed by atoms with Crippen LogP contribution in [0.1, 0.15) is 31.4 Å². The minimum absolute atomic E-state index is 0.653. The van der Waals surface area contributed by atoms with Crippen molar-refractivity contribution in [1.82, 2.24) is 5.32 Å². The molecule has 0 atom stereocenters. The Bertz CT molecular complexity index is 796. The molecule has 0 spiro atoms. The van der Waals surface area contributed by atoms with Crippen LogP contribution in [0.25, 0.3) is 10.8 Å². The first-order valence-electron chi connectivity index (χ1n) is 9.12. The molecule has 3 aromatic rings. The summed E-state index contributed by atoms with van der Waals surface area (Å²) < 4.78 is 6.12. The lowest BCUT2D eigenvalue weighted by Gasteiger charge is -2.16. The largest absolute Gasteiger partial charge is 0.493 e. The van der Waals surface area contributed by atoms with Gasteiger partial charge in [0.25, 0.3) is 0 Å². The third-order valence-corrected chi connectivity index (χ3v) is 4.42. The molecule has 1 N–H and O–H groups in total. The highest BCUT2D eigenvalue weighted by Gasteiger charge is 2.09. The molecule has 0 saturated heterocycles. The number of hydrogen-bond acceptors (Lipinski definition) is 2. The van der Waals surface area contributed by atoms with E-state index in [9.17, 15) is 0 Å². The molecule has 0 aliphatic carbocycles. The molecule has 0 fully saturated rings. The minimum atomic E-state index is 0.653.